The third-order valence-electron chi connectivity index (χ3n) is 3.23. The molecule has 20 heavy (non-hydrogen) atoms. The Morgan fingerprint density at radius 2 is 1.00 bits per heavy atom. The molecular formula is C14H26O6. The number of methoxy groups -OCH3 is 2. The number of hydrogen-bond donors (Lipinski definition) is 0. The second-order valence-electron chi connectivity index (χ2n) is 4.77. The molecule has 0 aromatic rings. The van der Waals surface area contributed by atoms with E-state index in [-0.39, 0.29) is 37.3 Å². The summed E-state index contributed by atoms with van der Waals surface area (Å²) in [5, 5.41) is 0. The Bertz CT molecular complexity index is 274. The van der Waals surface area contributed by atoms with Gasteiger partial charge in [0.2, 0.25) is 0 Å². The van der Waals surface area contributed by atoms with Crippen LogP contribution in [-0.2, 0) is 28.5 Å². The SMILES string of the molecule is COC(C)C(C)OC(=O)CCC(=O)OC(C)C(C)OC. The Hall–Kier alpha value is -1.14. The number of ether oxygens (including phenoxy) is 4. The van der Waals surface area contributed by atoms with Gasteiger partial charge in [0.1, 0.15) is 12.2 Å². The van der Waals surface area contributed by atoms with Crippen molar-refractivity contribution < 1.29 is 28.5 Å². The van der Waals surface area contributed by atoms with E-state index in [1.54, 1.807) is 41.9 Å². The van der Waals surface area contributed by atoms with E-state index in [4.69, 9.17) is 18.9 Å². The van der Waals surface area contributed by atoms with Crippen molar-refractivity contribution in [2.75, 3.05) is 14.2 Å². The molecule has 0 radical (unpaired) electrons. The first kappa shape index (κ1) is 18.9. The van der Waals surface area contributed by atoms with E-state index in [2.05, 4.69) is 0 Å². The molecule has 0 amide bonds. The van der Waals surface area contributed by atoms with Gasteiger partial charge in [-0.15, -0.1) is 0 Å². The zero-order valence-electron chi connectivity index (χ0n) is 13.2. The lowest BCUT2D eigenvalue weighted by Crippen LogP contribution is -2.29. The zero-order valence-corrected chi connectivity index (χ0v) is 13.2. The number of rotatable bonds is 9. The summed E-state index contributed by atoms with van der Waals surface area (Å²) >= 11 is 0. The van der Waals surface area contributed by atoms with Crippen molar-refractivity contribution in [3.63, 3.8) is 0 Å². The fourth-order valence-electron chi connectivity index (χ4n) is 1.31. The van der Waals surface area contributed by atoms with Crippen LogP contribution in [0, 0.1) is 0 Å². The highest BCUT2D eigenvalue weighted by Crippen LogP contribution is 2.07. The van der Waals surface area contributed by atoms with Gasteiger partial charge in [0.15, 0.2) is 0 Å². The minimum absolute atomic E-state index is 0.00626. The molecule has 0 aliphatic carbocycles. The van der Waals surface area contributed by atoms with Gasteiger partial charge in [0, 0.05) is 14.2 Å². The van der Waals surface area contributed by atoms with Crippen molar-refractivity contribution in [1.82, 2.24) is 0 Å². The van der Waals surface area contributed by atoms with Crippen molar-refractivity contribution >= 4 is 11.9 Å². The average Bonchev–Trinajstić information content (AvgIpc) is 2.42. The smallest absolute Gasteiger partial charge is 0.306 e. The van der Waals surface area contributed by atoms with Crippen LogP contribution in [0.3, 0.4) is 0 Å². The zero-order chi connectivity index (χ0) is 15.7. The van der Waals surface area contributed by atoms with Gasteiger partial charge in [0.05, 0.1) is 25.0 Å². The topological polar surface area (TPSA) is 71.1 Å². The molecule has 0 spiro atoms. The summed E-state index contributed by atoms with van der Waals surface area (Å²) in [5.41, 5.74) is 0. The Balaban J connectivity index is 3.98. The number of hydrogen-bond acceptors (Lipinski definition) is 6. The predicted octanol–water partition coefficient (Wildman–Crippen LogP) is 1.70. The quantitative estimate of drug-likeness (QED) is 0.602. The van der Waals surface area contributed by atoms with Crippen LogP contribution in [0.5, 0.6) is 0 Å². The normalized spacial score (nSPS) is 16.9. The minimum Gasteiger partial charge on any atom is -0.460 e. The molecule has 0 aliphatic heterocycles. The molecule has 0 heterocycles. The summed E-state index contributed by atoms with van der Waals surface area (Å²) in [7, 11) is 3.09. The third kappa shape index (κ3) is 7.45. The minimum atomic E-state index is -0.439. The second-order valence-corrected chi connectivity index (χ2v) is 4.77. The summed E-state index contributed by atoms with van der Waals surface area (Å²) in [6, 6.07) is 0. The molecule has 0 aromatic heterocycles. The molecule has 0 N–H and O–H groups in total. The first-order valence-corrected chi connectivity index (χ1v) is 6.76. The molecule has 118 valence electrons. The first-order chi connectivity index (χ1) is 9.31. The van der Waals surface area contributed by atoms with Crippen LogP contribution in [0.2, 0.25) is 0 Å². The largest absolute Gasteiger partial charge is 0.460 e. The summed E-state index contributed by atoms with van der Waals surface area (Å²) in [4.78, 5) is 23.1. The van der Waals surface area contributed by atoms with Gasteiger partial charge in [-0.1, -0.05) is 0 Å². The standard InChI is InChI=1S/C14H26O6/c1-9(17-5)11(3)19-13(15)7-8-14(16)20-12(4)10(2)18-6/h9-12H,7-8H2,1-6H3. The molecule has 6 nitrogen and oxygen atoms in total. The summed E-state index contributed by atoms with van der Waals surface area (Å²) in [6.07, 6.45) is -1.09. The summed E-state index contributed by atoms with van der Waals surface area (Å²) < 4.78 is 20.4. The Kier molecular flexibility index (Phi) is 9.16. The number of carbonyl (C=O) groups excluding carboxylic acids is 2. The molecule has 0 aliphatic rings. The lowest BCUT2D eigenvalue weighted by molar-refractivity contribution is -0.161. The molecule has 0 fully saturated rings. The van der Waals surface area contributed by atoms with E-state index < -0.39 is 11.9 Å². The van der Waals surface area contributed by atoms with Crippen LogP contribution >= 0.6 is 0 Å². The lowest BCUT2D eigenvalue weighted by Gasteiger charge is -2.20. The average molecular weight is 290 g/mol. The monoisotopic (exact) mass is 290 g/mol. The van der Waals surface area contributed by atoms with Crippen LogP contribution < -0.4 is 0 Å². The van der Waals surface area contributed by atoms with E-state index in [1.165, 1.54) is 0 Å². The van der Waals surface area contributed by atoms with Gasteiger partial charge in [-0.3, -0.25) is 9.59 Å². The van der Waals surface area contributed by atoms with Gasteiger partial charge in [0.25, 0.3) is 0 Å². The van der Waals surface area contributed by atoms with E-state index in [0.717, 1.165) is 0 Å². The first-order valence-electron chi connectivity index (χ1n) is 6.76. The van der Waals surface area contributed by atoms with Crippen LogP contribution in [-0.4, -0.2) is 50.6 Å². The highest BCUT2D eigenvalue weighted by molar-refractivity contribution is 5.77. The molecule has 0 saturated heterocycles. The fourth-order valence-corrected chi connectivity index (χ4v) is 1.31. The van der Waals surface area contributed by atoms with E-state index in [9.17, 15) is 9.59 Å². The molecule has 6 heteroatoms. The molecule has 0 rings (SSSR count). The number of esters is 2. The molecule has 4 atom stereocenters. The van der Waals surface area contributed by atoms with Crippen LogP contribution in [0.15, 0.2) is 0 Å². The highest BCUT2D eigenvalue weighted by Gasteiger charge is 2.19. The summed E-state index contributed by atoms with van der Waals surface area (Å²) in [6.45, 7) is 7.10. The Labute approximate surface area is 120 Å². The highest BCUT2D eigenvalue weighted by atomic mass is 16.6. The van der Waals surface area contributed by atoms with Crippen molar-refractivity contribution in [3.05, 3.63) is 0 Å². The Morgan fingerprint density at radius 1 is 0.700 bits per heavy atom. The van der Waals surface area contributed by atoms with Gasteiger partial charge < -0.3 is 18.9 Å². The molecule has 4 unspecified atom stereocenters. The third-order valence-corrected chi connectivity index (χ3v) is 3.23. The van der Waals surface area contributed by atoms with Crippen LogP contribution in [0.25, 0.3) is 0 Å². The number of carbonyl (C=O) groups is 2. The molecule has 0 bridgehead atoms. The van der Waals surface area contributed by atoms with Gasteiger partial charge in [-0.05, 0) is 27.7 Å². The second kappa shape index (κ2) is 9.72. The van der Waals surface area contributed by atoms with Crippen LogP contribution in [0.4, 0.5) is 0 Å². The molecular weight excluding hydrogens is 264 g/mol. The van der Waals surface area contributed by atoms with Gasteiger partial charge in [-0.2, -0.15) is 0 Å². The van der Waals surface area contributed by atoms with Crippen molar-refractivity contribution in [1.29, 1.82) is 0 Å². The fraction of sp³-hybridized carbons (Fsp3) is 0.857. The van der Waals surface area contributed by atoms with Crippen molar-refractivity contribution in [2.24, 2.45) is 0 Å². The predicted molar refractivity (Wildman–Crippen MR) is 73.3 cm³/mol. The maximum Gasteiger partial charge on any atom is 0.306 e. The van der Waals surface area contributed by atoms with Crippen molar-refractivity contribution in [2.45, 2.75) is 65.0 Å². The van der Waals surface area contributed by atoms with Gasteiger partial charge in [-0.25, -0.2) is 0 Å². The Morgan fingerprint density at radius 3 is 1.25 bits per heavy atom. The summed E-state index contributed by atoms with van der Waals surface area (Å²) in [5.74, 6) is -0.878. The maximum atomic E-state index is 11.5. The molecule has 0 saturated carbocycles. The van der Waals surface area contributed by atoms with E-state index in [0.29, 0.717) is 0 Å². The molecule has 0 aromatic carbocycles. The van der Waals surface area contributed by atoms with E-state index in [1.807, 2.05) is 0 Å². The maximum absolute atomic E-state index is 11.5. The lowest BCUT2D eigenvalue weighted by atomic mass is 10.2. The van der Waals surface area contributed by atoms with Gasteiger partial charge >= 0.3 is 11.9 Å². The van der Waals surface area contributed by atoms with Crippen LogP contribution in [0.1, 0.15) is 40.5 Å². The van der Waals surface area contributed by atoms with Crippen molar-refractivity contribution in [3.8, 4) is 0 Å². The van der Waals surface area contributed by atoms with E-state index >= 15 is 0 Å².